The summed E-state index contributed by atoms with van der Waals surface area (Å²) in [7, 11) is 0. The molecule has 1 aromatic rings. The number of carbonyl (C=O) groups excluding carboxylic acids is 1. The molecule has 0 aromatic heterocycles. The van der Waals surface area contributed by atoms with Crippen LogP contribution >= 0.6 is 0 Å². The van der Waals surface area contributed by atoms with Gasteiger partial charge in [0.25, 0.3) is 0 Å². The van der Waals surface area contributed by atoms with Gasteiger partial charge in [0, 0.05) is 13.8 Å². The van der Waals surface area contributed by atoms with Crippen molar-refractivity contribution in [3.8, 4) is 0 Å². The fourth-order valence-electron chi connectivity index (χ4n) is 1.54. The van der Waals surface area contributed by atoms with Gasteiger partial charge in [-0.15, -0.1) is 0 Å². The molecule has 0 saturated heterocycles. The minimum absolute atomic E-state index is 0.0137. The molecule has 1 aromatic carbocycles. The lowest BCUT2D eigenvalue weighted by Gasteiger charge is -2.17. The number of ketones is 1. The molecule has 0 N–H and O–H groups in total. The Hall–Kier alpha value is -1.81. The fourth-order valence-corrected chi connectivity index (χ4v) is 1.54. The average Bonchev–Trinajstić information content (AvgIpc) is 2.71. The van der Waals surface area contributed by atoms with Gasteiger partial charge in [-0.25, -0.2) is 0 Å². The molecular formula is C14H16O4. The number of hydrogen-bond acceptors (Lipinski definition) is 4. The molecule has 0 radical (unpaired) electrons. The fraction of sp³-hybridized carbons (Fsp3) is 0.357. The van der Waals surface area contributed by atoms with Crippen molar-refractivity contribution in [2.24, 2.45) is 0 Å². The van der Waals surface area contributed by atoms with Crippen LogP contribution in [0.1, 0.15) is 19.4 Å². The van der Waals surface area contributed by atoms with E-state index in [1.54, 1.807) is 13.8 Å². The number of hydrogen-bond donors (Lipinski definition) is 0. The Morgan fingerprint density at radius 3 is 2.61 bits per heavy atom. The van der Waals surface area contributed by atoms with Crippen molar-refractivity contribution in [1.82, 2.24) is 0 Å². The number of ether oxygens (including phenoxy) is 3. The van der Waals surface area contributed by atoms with Crippen LogP contribution in [0.2, 0.25) is 0 Å². The second-order valence-corrected chi connectivity index (χ2v) is 4.50. The second kappa shape index (κ2) is 5.23. The van der Waals surface area contributed by atoms with Gasteiger partial charge >= 0.3 is 0 Å². The SMILES string of the molecule is CC1(C)OC=C(C(=O)COCc2ccccc2)O1. The molecule has 0 amide bonds. The minimum atomic E-state index is -0.760. The van der Waals surface area contributed by atoms with Gasteiger partial charge in [-0.1, -0.05) is 30.3 Å². The highest BCUT2D eigenvalue weighted by Crippen LogP contribution is 2.24. The molecule has 0 atom stereocenters. The van der Waals surface area contributed by atoms with Crippen molar-refractivity contribution >= 4 is 5.78 Å². The molecule has 1 aliphatic heterocycles. The summed E-state index contributed by atoms with van der Waals surface area (Å²) < 4.78 is 15.8. The second-order valence-electron chi connectivity index (χ2n) is 4.50. The summed E-state index contributed by atoms with van der Waals surface area (Å²) in [4.78, 5) is 11.7. The van der Waals surface area contributed by atoms with Gasteiger partial charge < -0.3 is 14.2 Å². The summed E-state index contributed by atoms with van der Waals surface area (Å²) in [6.07, 6.45) is 1.34. The first-order chi connectivity index (χ1) is 8.57. The van der Waals surface area contributed by atoms with Crippen LogP contribution in [0.15, 0.2) is 42.4 Å². The minimum Gasteiger partial charge on any atom is -0.457 e. The summed E-state index contributed by atoms with van der Waals surface area (Å²) >= 11 is 0. The molecular weight excluding hydrogens is 232 g/mol. The van der Waals surface area contributed by atoms with E-state index in [9.17, 15) is 4.79 Å². The molecule has 2 rings (SSSR count). The van der Waals surface area contributed by atoms with Crippen LogP contribution in [-0.4, -0.2) is 18.2 Å². The molecule has 4 heteroatoms. The van der Waals surface area contributed by atoms with Crippen LogP contribution in [0, 0.1) is 0 Å². The van der Waals surface area contributed by atoms with E-state index in [0.717, 1.165) is 5.56 Å². The molecule has 96 valence electrons. The molecule has 18 heavy (non-hydrogen) atoms. The van der Waals surface area contributed by atoms with Crippen molar-refractivity contribution < 1.29 is 19.0 Å². The Kier molecular flexibility index (Phi) is 3.67. The maximum Gasteiger partial charge on any atom is 0.245 e. The van der Waals surface area contributed by atoms with Crippen LogP contribution in [0.5, 0.6) is 0 Å². The molecule has 0 aliphatic carbocycles. The maximum atomic E-state index is 11.7. The van der Waals surface area contributed by atoms with Crippen LogP contribution in [0.3, 0.4) is 0 Å². The van der Waals surface area contributed by atoms with E-state index in [1.807, 2.05) is 30.3 Å². The zero-order valence-electron chi connectivity index (χ0n) is 10.5. The summed E-state index contributed by atoms with van der Waals surface area (Å²) in [6.45, 7) is 3.88. The quantitative estimate of drug-likeness (QED) is 0.802. The third-order valence-corrected chi connectivity index (χ3v) is 2.43. The summed E-state index contributed by atoms with van der Waals surface area (Å²) in [6, 6.07) is 9.69. The molecule has 0 saturated carbocycles. The van der Waals surface area contributed by atoms with Crippen molar-refractivity contribution in [3.63, 3.8) is 0 Å². The number of rotatable bonds is 5. The predicted octanol–water partition coefficient (Wildman–Crippen LogP) is 2.40. The van der Waals surface area contributed by atoms with Crippen molar-refractivity contribution in [2.75, 3.05) is 6.61 Å². The molecule has 0 unspecified atom stereocenters. The van der Waals surface area contributed by atoms with E-state index in [0.29, 0.717) is 6.61 Å². The molecule has 0 bridgehead atoms. The van der Waals surface area contributed by atoms with Gasteiger partial charge in [-0.2, -0.15) is 0 Å². The first-order valence-electron chi connectivity index (χ1n) is 5.79. The highest BCUT2D eigenvalue weighted by Gasteiger charge is 2.31. The highest BCUT2D eigenvalue weighted by molar-refractivity contribution is 5.94. The lowest BCUT2D eigenvalue weighted by Crippen LogP contribution is -2.22. The monoisotopic (exact) mass is 248 g/mol. The summed E-state index contributed by atoms with van der Waals surface area (Å²) in [5.41, 5.74) is 1.03. The molecule has 4 nitrogen and oxygen atoms in total. The third-order valence-electron chi connectivity index (χ3n) is 2.43. The van der Waals surface area contributed by atoms with Gasteiger partial charge in [0.05, 0.1) is 6.61 Å². The van der Waals surface area contributed by atoms with Crippen LogP contribution in [0.4, 0.5) is 0 Å². The van der Waals surface area contributed by atoms with E-state index >= 15 is 0 Å². The van der Waals surface area contributed by atoms with E-state index < -0.39 is 5.79 Å². The normalized spacial score (nSPS) is 16.7. The average molecular weight is 248 g/mol. The largest absolute Gasteiger partial charge is 0.457 e. The standard InChI is InChI=1S/C14H16O4/c1-14(2)17-10-13(18-14)12(15)9-16-8-11-6-4-3-5-7-11/h3-7,10H,8-9H2,1-2H3. The van der Waals surface area contributed by atoms with Crippen LogP contribution < -0.4 is 0 Å². The highest BCUT2D eigenvalue weighted by atomic mass is 16.7. The van der Waals surface area contributed by atoms with Crippen molar-refractivity contribution in [3.05, 3.63) is 47.9 Å². The Labute approximate surface area is 106 Å². The molecule has 1 aliphatic rings. The molecule has 1 heterocycles. The Morgan fingerprint density at radius 2 is 2.00 bits per heavy atom. The Morgan fingerprint density at radius 1 is 1.28 bits per heavy atom. The molecule has 0 fully saturated rings. The predicted molar refractivity (Wildman–Crippen MR) is 65.4 cm³/mol. The van der Waals surface area contributed by atoms with Gasteiger partial charge in [0.15, 0.2) is 0 Å². The summed E-state index contributed by atoms with van der Waals surface area (Å²) in [5, 5.41) is 0. The number of Topliss-reactive ketones (excluding diaryl/α,β-unsaturated/α-hetero) is 1. The first-order valence-corrected chi connectivity index (χ1v) is 5.79. The summed E-state index contributed by atoms with van der Waals surface area (Å²) in [5.74, 6) is -0.755. The zero-order chi connectivity index (χ0) is 13.0. The maximum absolute atomic E-state index is 11.7. The number of benzene rings is 1. The van der Waals surface area contributed by atoms with Crippen molar-refractivity contribution in [1.29, 1.82) is 0 Å². The lowest BCUT2D eigenvalue weighted by molar-refractivity contribution is -0.138. The third kappa shape index (κ3) is 3.34. The van der Waals surface area contributed by atoms with Gasteiger partial charge in [0.1, 0.15) is 12.9 Å². The van der Waals surface area contributed by atoms with Crippen molar-refractivity contribution in [2.45, 2.75) is 26.2 Å². The van der Waals surface area contributed by atoms with Gasteiger partial charge in [0.2, 0.25) is 17.3 Å². The van der Waals surface area contributed by atoms with E-state index in [1.165, 1.54) is 6.26 Å². The zero-order valence-corrected chi connectivity index (χ0v) is 10.5. The first kappa shape index (κ1) is 12.6. The van der Waals surface area contributed by atoms with E-state index in [4.69, 9.17) is 14.2 Å². The Bertz CT molecular complexity index is 448. The lowest BCUT2D eigenvalue weighted by atomic mass is 10.2. The van der Waals surface area contributed by atoms with E-state index in [2.05, 4.69) is 0 Å². The van der Waals surface area contributed by atoms with Gasteiger partial charge in [-0.05, 0) is 5.56 Å². The molecule has 0 spiro atoms. The topological polar surface area (TPSA) is 44.8 Å². The van der Waals surface area contributed by atoms with Gasteiger partial charge in [-0.3, -0.25) is 4.79 Å². The Balaban J connectivity index is 1.76. The number of carbonyl (C=O) groups is 1. The van der Waals surface area contributed by atoms with Crippen LogP contribution in [0.25, 0.3) is 0 Å². The van der Waals surface area contributed by atoms with Crippen LogP contribution in [-0.2, 0) is 25.6 Å². The van der Waals surface area contributed by atoms with E-state index in [-0.39, 0.29) is 18.1 Å². The smallest absolute Gasteiger partial charge is 0.245 e.